The van der Waals surface area contributed by atoms with Crippen molar-refractivity contribution >= 4 is 23.2 Å². The number of para-hydroxylation sites is 1. The molecule has 2 nitrogen and oxygen atoms in total. The van der Waals surface area contributed by atoms with Gasteiger partial charge in [0.1, 0.15) is 11.3 Å². The second-order valence-electron chi connectivity index (χ2n) is 4.97. The summed E-state index contributed by atoms with van der Waals surface area (Å²) in [4.78, 5) is 4.45. The zero-order valence-corrected chi connectivity index (χ0v) is 12.0. The standard InChI is InChI=1S/C18H17FN2/c1-2-13-21-16-10-6-9-15(19)18(16)20-17(21)12-11-14-7-4-3-5-8-14/h3-12H,2,13H2,1H3. The third-order valence-corrected chi connectivity index (χ3v) is 3.43. The van der Waals surface area contributed by atoms with Gasteiger partial charge in [0.15, 0.2) is 5.82 Å². The third kappa shape index (κ3) is 2.72. The summed E-state index contributed by atoms with van der Waals surface area (Å²) < 4.78 is 16.0. The van der Waals surface area contributed by atoms with E-state index in [1.165, 1.54) is 6.07 Å². The summed E-state index contributed by atoms with van der Waals surface area (Å²) in [7, 11) is 0. The summed E-state index contributed by atoms with van der Waals surface area (Å²) in [5.74, 6) is 0.525. The highest BCUT2D eigenvalue weighted by Gasteiger charge is 2.11. The van der Waals surface area contributed by atoms with Crippen molar-refractivity contribution in [2.24, 2.45) is 0 Å². The molecule has 2 aromatic carbocycles. The fourth-order valence-electron chi connectivity index (χ4n) is 2.45. The quantitative estimate of drug-likeness (QED) is 0.674. The van der Waals surface area contributed by atoms with Gasteiger partial charge in [0.2, 0.25) is 0 Å². The molecule has 0 amide bonds. The van der Waals surface area contributed by atoms with E-state index in [2.05, 4.69) is 16.5 Å². The van der Waals surface area contributed by atoms with Crippen molar-refractivity contribution in [3.63, 3.8) is 0 Å². The number of halogens is 1. The zero-order chi connectivity index (χ0) is 14.7. The number of nitrogens with zero attached hydrogens (tertiary/aromatic N) is 2. The van der Waals surface area contributed by atoms with Crippen LogP contribution in [0.3, 0.4) is 0 Å². The van der Waals surface area contributed by atoms with Gasteiger partial charge in [0.05, 0.1) is 5.52 Å². The number of imidazole rings is 1. The lowest BCUT2D eigenvalue weighted by Crippen LogP contribution is -1.99. The van der Waals surface area contributed by atoms with E-state index in [1.807, 2.05) is 48.6 Å². The third-order valence-electron chi connectivity index (χ3n) is 3.43. The predicted octanol–water partition coefficient (Wildman–Crippen LogP) is 4.76. The maximum Gasteiger partial charge on any atom is 0.151 e. The van der Waals surface area contributed by atoms with Gasteiger partial charge in [-0.05, 0) is 30.2 Å². The van der Waals surface area contributed by atoms with Gasteiger partial charge in [-0.15, -0.1) is 0 Å². The molecule has 1 heterocycles. The van der Waals surface area contributed by atoms with Crippen LogP contribution < -0.4 is 0 Å². The average molecular weight is 280 g/mol. The van der Waals surface area contributed by atoms with E-state index in [0.29, 0.717) is 5.52 Å². The summed E-state index contributed by atoms with van der Waals surface area (Å²) in [6.45, 7) is 2.93. The maximum absolute atomic E-state index is 13.9. The molecule has 3 heteroatoms. The number of benzene rings is 2. The molecule has 0 unspecified atom stereocenters. The van der Waals surface area contributed by atoms with Crippen LogP contribution in [0.2, 0.25) is 0 Å². The van der Waals surface area contributed by atoms with Crippen LogP contribution in [0.5, 0.6) is 0 Å². The largest absolute Gasteiger partial charge is 0.324 e. The second-order valence-corrected chi connectivity index (χ2v) is 4.97. The first-order valence-corrected chi connectivity index (χ1v) is 7.17. The molecule has 21 heavy (non-hydrogen) atoms. The Morgan fingerprint density at radius 2 is 1.86 bits per heavy atom. The Morgan fingerprint density at radius 3 is 2.62 bits per heavy atom. The van der Waals surface area contributed by atoms with Gasteiger partial charge in [-0.1, -0.05) is 49.4 Å². The van der Waals surface area contributed by atoms with E-state index >= 15 is 0 Å². The van der Waals surface area contributed by atoms with Crippen molar-refractivity contribution in [1.29, 1.82) is 0 Å². The smallest absolute Gasteiger partial charge is 0.151 e. The van der Waals surface area contributed by atoms with E-state index in [1.54, 1.807) is 6.07 Å². The van der Waals surface area contributed by atoms with Crippen molar-refractivity contribution in [2.75, 3.05) is 0 Å². The van der Waals surface area contributed by atoms with E-state index < -0.39 is 0 Å². The monoisotopic (exact) mass is 280 g/mol. The van der Waals surface area contributed by atoms with E-state index in [0.717, 1.165) is 29.9 Å². The topological polar surface area (TPSA) is 17.8 Å². The minimum absolute atomic E-state index is 0.267. The first kappa shape index (κ1) is 13.6. The van der Waals surface area contributed by atoms with E-state index in [4.69, 9.17) is 0 Å². The Hall–Kier alpha value is -2.42. The lowest BCUT2D eigenvalue weighted by atomic mass is 10.2. The molecule has 0 saturated heterocycles. The van der Waals surface area contributed by atoms with Crippen LogP contribution >= 0.6 is 0 Å². The minimum Gasteiger partial charge on any atom is -0.324 e. The minimum atomic E-state index is -0.267. The van der Waals surface area contributed by atoms with Crippen LogP contribution in [0.1, 0.15) is 24.7 Å². The number of hydrogen-bond donors (Lipinski definition) is 0. The van der Waals surface area contributed by atoms with Crippen molar-refractivity contribution in [3.05, 3.63) is 65.7 Å². The average Bonchev–Trinajstić information content (AvgIpc) is 2.86. The molecule has 3 rings (SSSR count). The normalized spacial score (nSPS) is 11.5. The van der Waals surface area contributed by atoms with Gasteiger partial charge in [-0.3, -0.25) is 0 Å². The molecule has 0 bridgehead atoms. The number of aryl methyl sites for hydroxylation is 1. The number of aromatic nitrogens is 2. The first-order valence-electron chi connectivity index (χ1n) is 7.17. The summed E-state index contributed by atoms with van der Waals surface area (Å²) in [5, 5.41) is 0. The molecule has 0 aliphatic rings. The molecule has 0 aliphatic heterocycles. The lowest BCUT2D eigenvalue weighted by Gasteiger charge is -2.04. The molecule has 0 saturated carbocycles. The Bertz CT molecular complexity index is 773. The first-order chi connectivity index (χ1) is 10.3. The Kier molecular flexibility index (Phi) is 3.82. The number of hydrogen-bond acceptors (Lipinski definition) is 1. The molecule has 106 valence electrons. The summed E-state index contributed by atoms with van der Waals surface area (Å²) in [6.07, 6.45) is 4.93. The van der Waals surface area contributed by atoms with Gasteiger partial charge < -0.3 is 4.57 Å². The van der Waals surface area contributed by atoms with Crippen LogP contribution in [-0.2, 0) is 6.54 Å². The summed E-state index contributed by atoms with van der Waals surface area (Å²) in [5.41, 5.74) is 2.40. The molecule has 0 spiro atoms. The second kappa shape index (κ2) is 5.92. The van der Waals surface area contributed by atoms with Gasteiger partial charge >= 0.3 is 0 Å². The van der Waals surface area contributed by atoms with Crippen LogP contribution in [-0.4, -0.2) is 9.55 Å². The molecule has 0 N–H and O–H groups in total. The highest BCUT2D eigenvalue weighted by atomic mass is 19.1. The SMILES string of the molecule is CCCn1c(C=Cc2ccccc2)nc2c(F)cccc21. The molecule has 0 atom stereocenters. The predicted molar refractivity (Wildman–Crippen MR) is 85.4 cm³/mol. The Morgan fingerprint density at radius 1 is 1.05 bits per heavy atom. The Balaban J connectivity index is 2.07. The lowest BCUT2D eigenvalue weighted by molar-refractivity contribution is 0.637. The summed E-state index contributed by atoms with van der Waals surface area (Å²) in [6, 6.07) is 15.1. The highest BCUT2D eigenvalue weighted by molar-refractivity contribution is 5.80. The van der Waals surface area contributed by atoms with Crippen molar-refractivity contribution in [2.45, 2.75) is 19.9 Å². The maximum atomic E-state index is 13.9. The van der Waals surface area contributed by atoms with E-state index in [9.17, 15) is 4.39 Å². The number of fused-ring (bicyclic) bond motifs is 1. The van der Waals surface area contributed by atoms with Crippen LogP contribution in [0, 0.1) is 5.82 Å². The molecule has 0 fully saturated rings. The van der Waals surface area contributed by atoms with Crippen molar-refractivity contribution in [1.82, 2.24) is 9.55 Å². The van der Waals surface area contributed by atoms with Crippen molar-refractivity contribution < 1.29 is 4.39 Å². The van der Waals surface area contributed by atoms with Gasteiger partial charge in [-0.2, -0.15) is 0 Å². The highest BCUT2D eigenvalue weighted by Crippen LogP contribution is 2.21. The molecular weight excluding hydrogens is 263 g/mol. The fourth-order valence-corrected chi connectivity index (χ4v) is 2.45. The zero-order valence-electron chi connectivity index (χ0n) is 12.0. The number of rotatable bonds is 4. The van der Waals surface area contributed by atoms with Crippen molar-refractivity contribution in [3.8, 4) is 0 Å². The molecule has 1 aromatic heterocycles. The van der Waals surface area contributed by atoms with Crippen LogP contribution in [0.4, 0.5) is 4.39 Å². The van der Waals surface area contributed by atoms with Crippen LogP contribution in [0.15, 0.2) is 48.5 Å². The summed E-state index contributed by atoms with van der Waals surface area (Å²) >= 11 is 0. The fraction of sp³-hybridized carbons (Fsp3) is 0.167. The molecule has 0 radical (unpaired) electrons. The van der Waals surface area contributed by atoms with Gasteiger partial charge in [-0.25, -0.2) is 9.37 Å². The Labute approximate surface area is 123 Å². The van der Waals surface area contributed by atoms with Crippen LogP contribution in [0.25, 0.3) is 23.2 Å². The molecule has 0 aliphatic carbocycles. The molecular formula is C18H17FN2. The van der Waals surface area contributed by atoms with E-state index in [-0.39, 0.29) is 5.82 Å². The van der Waals surface area contributed by atoms with Gasteiger partial charge in [0, 0.05) is 6.54 Å². The molecule has 3 aromatic rings. The van der Waals surface area contributed by atoms with Gasteiger partial charge in [0.25, 0.3) is 0 Å².